The van der Waals surface area contributed by atoms with Crippen molar-refractivity contribution in [3.8, 4) is 11.4 Å². The molecule has 1 N–H and O–H groups in total. The number of nitrogens with one attached hydrogen (secondary N) is 1. The molecule has 0 aliphatic rings. The summed E-state index contributed by atoms with van der Waals surface area (Å²) in [6.07, 6.45) is 3.47. The Hall–Kier alpha value is -3.06. The number of imidazole rings is 1. The van der Waals surface area contributed by atoms with E-state index in [1.54, 1.807) is 12.4 Å². The van der Waals surface area contributed by atoms with Gasteiger partial charge in [0.15, 0.2) is 5.13 Å². The number of benzene rings is 1. The first-order chi connectivity index (χ1) is 12.2. The quantitative estimate of drug-likeness (QED) is 0.612. The van der Waals surface area contributed by atoms with E-state index in [1.165, 1.54) is 11.3 Å². The van der Waals surface area contributed by atoms with E-state index in [0.717, 1.165) is 28.1 Å². The van der Waals surface area contributed by atoms with Crippen molar-refractivity contribution in [2.24, 2.45) is 0 Å². The number of thiazole rings is 1. The third-order valence-corrected chi connectivity index (χ3v) is 4.62. The Morgan fingerprint density at radius 1 is 1.20 bits per heavy atom. The van der Waals surface area contributed by atoms with Gasteiger partial charge in [0, 0.05) is 23.3 Å². The van der Waals surface area contributed by atoms with Crippen LogP contribution in [0.15, 0.2) is 54.2 Å². The molecular formula is C18H15N5OS. The van der Waals surface area contributed by atoms with Crippen molar-refractivity contribution in [2.75, 3.05) is 5.32 Å². The fourth-order valence-corrected chi connectivity index (χ4v) is 3.37. The predicted molar refractivity (Wildman–Crippen MR) is 98.4 cm³/mol. The predicted octanol–water partition coefficient (Wildman–Crippen LogP) is 3.50. The summed E-state index contributed by atoms with van der Waals surface area (Å²) in [6.45, 7) is 2.05. The lowest BCUT2D eigenvalue weighted by atomic mass is 10.2. The molecule has 3 aromatic heterocycles. The molecule has 0 saturated heterocycles. The van der Waals surface area contributed by atoms with Crippen LogP contribution in [0.4, 0.5) is 5.13 Å². The van der Waals surface area contributed by atoms with E-state index in [9.17, 15) is 4.79 Å². The summed E-state index contributed by atoms with van der Waals surface area (Å²) in [5, 5.41) is 5.36. The molecule has 25 heavy (non-hydrogen) atoms. The maximum Gasteiger partial charge on any atom is 0.246 e. The number of pyridine rings is 1. The van der Waals surface area contributed by atoms with Crippen LogP contribution in [0.1, 0.15) is 5.69 Å². The summed E-state index contributed by atoms with van der Waals surface area (Å²) in [7, 11) is 0. The Bertz CT molecular complexity index is 1040. The monoisotopic (exact) mass is 349 g/mol. The van der Waals surface area contributed by atoms with Crippen molar-refractivity contribution in [3.05, 3.63) is 59.9 Å². The highest BCUT2D eigenvalue weighted by atomic mass is 32.1. The molecule has 0 spiro atoms. The van der Waals surface area contributed by atoms with Gasteiger partial charge in [-0.1, -0.05) is 12.1 Å². The van der Waals surface area contributed by atoms with Crippen LogP contribution in [0, 0.1) is 6.92 Å². The van der Waals surface area contributed by atoms with Crippen molar-refractivity contribution in [3.63, 3.8) is 0 Å². The van der Waals surface area contributed by atoms with Gasteiger partial charge in [0.1, 0.15) is 12.4 Å². The summed E-state index contributed by atoms with van der Waals surface area (Å²) < 4.78 is 1.90. The summed E-state index contributed by atoms with van der Waals surface area (Å²) in [6, 6.07) is 11.6. The van der Waals surface area contributed by atoms with Crippen molar-refractivity contribution in [1.82, 2.24) is 19.5 Å². The molecule has 124 valence electrons. The number of fused-ring (bicyclic) bond motifs is 1. The topological polar surface area (TPSA) is 72.7 Å². The number of carbonyl (C=O) groups excluding carboxylic acids is 1. The summed E-state index contributed by atoms with van der Waals surface area (Å²) in [4.78, 5) is 25.6. The highest BCUT2D eigenvalue weighted by Crippen LogP contribution is 2.24. The number of nitrogens with zero attached hydrogens (tertiary/aromatic N) is 4. The van der Waals surface area contributed by atoms with Crippen LogP contribution in [0.3, 0.4) is 0 Å². The molecule has 1 aromatic carbocycles. The van der Waals surface area contributed by atoms with E-state index >= 15 is 0 Å². The summed E-state index contributed by atoms with van der Waals surface area (Å²) >= 11 is 1.42. The van der Waals surface area contributed by atoms with Gasteiger partial charge in [-0.3, -0.25) is 9.78 Å². The number of rotatable bonds is 4. The van der Waals surface area contributed by atoms with Crippen molar-refractivity contribution in [2.45, 2.75) is 13.5 Å². The minimum absolute atomic E-state index is 0.136. The molecular weight excluding hydrogens is 334 g/mol. The van der Waals surface area contributed by atoms with E-state index in [4.69, 9.17) is 0 Å². The van der Waals surface area contributed by atoms with Gasteiger partial charge in [-0.2, -0.15) is 0 Å². The SMILES string of the molecule is Cc1csc(NC(=O)Cn2c(-c3cccnc3)nc3ccccc32)n1. The van der Waals surface area contributed by atoms with Gasteiger partial charge in [0.2, 0.25) is 5.91 Å². The summed E-state index contributed by atoms with van der Waals surface area (Å²) in [5.74, 6) is 0.586. The number of amides is 1. The van der Waals surface area contributed by atoms with Crippen LogP contribution in [0.2, 0.25) is 0 Å². The van der Waals surface area contributed by atoms with Crippen LogP contribution in [0.25, 0.3) is 22.4 Å². The maximum absolute atomic E-state index is 12.5. The molecule has 4 aromatic rings. The number of hydrogen-bond donors (Lipinski definition) is 1. The highest BCUT2D eigenvalue weighted by Gasteiger charge is 2.15. The Kier molecular flexibility index (Phi) is 3.99. The molecule has 0 atom stereocenters. The molecule has 6 nitrogen and oxygen atoms in total. The number of para-hydroxylation sites is 2. The average molecular weight is 349 g/mol. The van der Waals surface area contributed by atoms with Crippen molar-refractivity contribution in [1.29, 1.82) is 0 Å². The first kappa shape index (κ1) is 15.5. The fraction of sp³-hybridized carbons (Fsp3) is 0.111. The minimum atomic E-state index is -0.136. The van der Waals surface area contributed by atoms with E-state index in [2.05, 4.69) is 20.3 Å². The molecule has 0 unspecified atom stereocenters. The Balaban J connectivity index is 1.71. The fourth-order valence-electron chi connectivity index (χ4n) is 2.66. The van der Waals surface area contributed by atoms with E-state index in [1.807, 2.05) is 53.3 Å². The second-order valence-corrected chi connectivity index (χ2v) is 6.45. The molecule has 0 fully saturated rings. The first-order valence-electron chi connectivity index (χ1n) is 7.78. The summed E-state index contributed by atoms with van der Waals surface area (Å²) in [5.41, 5.74) is 3.52. The zero-order valence-corrected chi connectivity index (χ0v) is 14.3. The largest absolute Gasteiger partial charge is 0.314 e. The molecule has 1 amide bonds. The van der Waals surface area contributed by atoms with Crippen LogP contribution in [-0.4, -0.2) is 25.4 Å². The molecule has 0 radical (unpaired) electrons. The number of carbonyl (C=O) groups is 1. The molecule has 0 bridgehead atoms. The maximum atomic E-state index is 12.5. The zero-order valence-electron chi connectivity index (χ0n) is 13.5. The van der Waals surface area contributed by atoms with Gasteiger partial charge in [-0.05, 0) is 31.2 Å². The normalized spacial score (nSPS) is 10.9. The van der Waals surface area contributed by atoms with Crippen LogP contribution in [0.5, 0.6) is 0 Å². The smallest absolute Gasteiger partial charge is 0.246 e. The third kappa shape index (κ3) is 3.14. The Morgan fingerprint density at radius 2 is 2.08 bits per heavy atom. The van der Waals surface area contributed by atoms with Crippen LogP contribution < -0.4 is 5.32 Å². The average Bonchev–Trinajstić information content (AvgIpc) is 3.19. The molecule has 0 saturated carbocycles. The molecule has 7 heteroatoms. The van der Waals surface area contributed by atoms with Gasteiger partial charge < -0.3 is 9.88 Å². The first-order valence-corrected chi connectivity index (χ1v) is 8.66. The van der Waals surface area contributed by atoms with E-state index in [-0.39, 0.29) is 12.5 Å². The van der Waals surface area contributed by atoms with Crippen molar-refractivity contribution >= 4 is 33.4 Å². The van der Waals surface area contributed by atoms with Gasteiger partial charge in [-0.25, -0.2) is 9.97 Å². The Morgan fingerprint density at radius 3 is 2.84 bits per heavy atom. The third-order valence-electron chi connectivity index (χ3n) is 3.74. The van der Waals surface area contributed by atoms with E-state index in [0.29, 0.717) is 5.13 Å². The highest BCUT2D eigenvalue weighted by molar-refractivity contribution is 7.13. The zero-order chi connectivity index (χ0) is 17.2. The molecule has 4 rings (SSSR count). The molecule has 3 heterocycles. The van der Waals surface area contributed by atoms with Crippen molar-refractivity contribution < 1.29 is 4.79 Å². The van der Waals surface area contributed by atoms with Gasteiger partial charge in [0.25, 0.3) is 0 Å². The number of hydrogen-bond acceptors (Lipinski definition) is 5. The number of anilines is 1. The number of aromatic nitrogens is 4. The minimum Gasteiger partial charge on any atom is -0.314 e. The lowest BCUT2D eigenvalue weighted by molar-refractivity contribution is -0.116. The number of aryl methyl sites for hydroxylation is 1. The van der Waals surface area contributed by atoms with Gasteiger partial charge in [-0.15, -0.1) is 11.3 Å². The Labute approximate surface area is 148 Å². The second kappa shape index (κ2) is 6.45. The van der Waals surface area contributed by atoms with Gasteiger partial charge >= 0.3 is 0 Å². The second-order valence-electron chi connectivity index (χ2n) is 5.59. The molecule has 0 aliphatic heterocycles. The van der Waals surface area contributed by atoms with E-state index < -0.39 is 0 Å². The van der Waals surface area contributed by atoms with Gasteiger partial charge in [0.05, 0.1) is 16.7 Å². The standard InChI is InChI=1S/C18H15N5OS/c1-12-11-25-18(20-12)22-16(24)10-23-15-7-3-2-6-14(15)21-17(23)13-5-4-8-19-9-13/h2-9,11H,10H2,1H3,(H,20,22,24). The van der Waals surface area contributed by atoms with Crippen LogP contribution in [-0.2, 0) is 11.3 Å². The lowest BCUT2D eigenvalue weighted by Crippen LogP contribution is -2.19. The molecule has 0 aliphatic carbocycles. The van der Waals surface area contributed by atoms with Crippen LogP contribution >= 0.6 is 11.3 Å². The lowest BCUT2D eigenvalue weighted by Gasteiger charge is -2.08.